The highest BCUT2D eigenvalue weighted by molar-refractivity contribution is 7.80. The number of halogens is 3. The van der Waals surface area contributed by atoms with Crippen LogP contribution in [-0.4, -0.2) is 11.0 Å². The van der Waals surface area contributed by atoms with Gasteiger partial charge in [0.15, 0.2) is 5.11 Å². The Morgan fingerprint density at radius 1 is 1.12 bits per heavy atom. The van der Waals surface area contributed by atoms with Crippen LogP contribution >= 0.6 is 35.2 Å². The van der Waals surface area contributed by atoms with Crippen LogP contribution in [-0.2, 0) is 0 Å². The van der Waals surface area contributed by atoms with E-state index in [0.29, 0.717) is 9.90 Å². The molecule has 0 bridgehead atoms. The highest BCUT2D eigenvalue weighted by Gasteiger charge is 2.17. The summed E-state index contributed by atoms with van der Waals surface area (Å²) in [7, 11) is 0. The number of hydrogen-bond acceptors (Lipinski definition) is 3. The van der Waals surface area contributed by atoms with Crippen molar-refractivity contribution in [3.63, 3.8) is 0 Å². The number of carbonyl (C=O) groups excluding carboxylic acids is 1. The van der Waals surface area contributed by atoms with Gasteiger partial charge in [0.2, 0.25) is 0 Å². The molecular formula is C16H10ClF2N3OS2. The third-order valence-electron chi connectivity index (χ3n) is 3.21. The molecule has 128 valence electrons. The van der Waals surface area contributed by atoms with E-state index in [2.05, 4.69) is 16.2 Å². The van der Waals surface area contributed by atoms with Crippen LogP contribution in [0.5, 0.6) is 0 Å². The fourth-order valence-corrected chi connectivity index (χ4v) is 3.65. The molecule has 0 unspecified atom stereocenters. The first-order chi connectivity index (χ1) is 12.0. The molecule has 0 aliphatic heterocycles. The monoisotopic (exact) mass is 397 g/mol. The van der Waals surface area contributed by atoms with Gasteiger partial charge in [-0.2, -0.15) is 0 Å². The smallest absolute Gasteiger partial charge is 0.281 e. The number of thiophene rings is 1. The zero-order valence-electron chi connectivity index (χ0n) is 12.4. The summed E-state index contributed by atoms with van der Waals surface area (Å²) in [5, 5.41) is 3.60. The van der Waals surface area contributed by atoms with Gasteiger partial charge in [0, 0.05) is 16.2 Å². The van der Waals surface area contributed by atoms with Gasteiger partial charge in [-0.3, -0.25) is 15.6 Å². The fraction of sp³-hybridized carbons (Fsp3) is 0. The van der Waals surface area contributed by atoms with Gasteiger partial charge in [-0.25, -0.2) is 8.78 Å². The molecule has 1 heterocycles. The number of hydrazine groups is 1. The molecule has 0 aliphatic carbocycles. The highest BCUT2D eigenvalue weighted by atomic mass is 35.5. The van der Waals surface area contributed by atoms with Crippen LogP contribution in [0, 0.1) is 11.6 Å². The van der Waals surface area contributed by atoms with E-state index in [1.54, 1.807) is 0 Å². The quantitative estimate of drug-likeness (QED) is 0.441. The molecule has 1 amide bonds. The lowest BCUT2D eigenvalue weighted by Crippen LogP contribution is -2.43. The molecule has 25 heavy (non-hydrogen) atoms. The van der Waals surface area contributed by atoms with Crippen LogP contribution in [0.2, 0.25) is 5.02 Å². The van der Waals surface area contributed by atoms with Crippen LogP contribution in [0.25, 0.3) is 10.1 Å². The molecule has 2 aromatic carbocycles. The number of anilines is 1. The molecule has 0 radical (unpaired) electrons. The van der Waals surface area contributed by atoms with Gasteiger partial charge in [0.05, 0.1) is 10.7 Å². The fourth-order valence-electron chi connectivity index (χ4n) is 2.07. The molecule has 3 rings (SSSR count). The first-order valence-corrected chi connectivity index (χ1v) is 8.55. The Labute approximate surface area is 155 Å². The summed E-state index contributed by atoms with van der Waals surface area (Å²) in [6.07, 6.45) is 0. The zero-order chi connectivity index (χ0) is 18.0. The predicted molar refractivity (Wildman–Crippen MR) is 100 cm³/mol. The third kappa shape index (κ3) is 3.87. The molecule has 0 saturated heterocycles. The molecule has 0 spiro atoms. The van der Waals surface area contributed by atoms with Crippen molar-refractivity contribution in [2.75, 3.05) is 5.32 Å². The number of carbonyl (C=O) groups is 1. The molecule has 3 aromatic rings. The summed E-state index contributed by atoms with van der Waals surface area (Å²) in [5.41, 5.74) is 4.82. The summed E-state index contributed by atoms with van der Waals surface area (Å²) in [5.74, 6) is -1.98. The van der Waals surface area contributed by atoms with E-state index in [1.807, 2.05) is 24.3 Å². The number of rotatable bonds is 2. The molecule has 1 aromatic heterocycles. The molecule has 9 heteroatoms. The van der Waals surface area contributed by atoms with Crippen molar-refractivity contribution >= 4 is 61.9 Å². The molecule has 0 saturated carbocycles. The molecule has 0 aliphatic rings. The maximum Gasteiger partial charge on any atom is 0.281 e. The number of hydrogen-bond donors (Lipinski definition) is 3. The van der Waals surface area contributed by atoms with Crippen LogP contribution < -0.4 is 16.2 Å². The summed E-state index contributed by atoms with van der Waals surface area (Å²) < 4.78 is 27.3. The van der Waals surface area contributed by atoms with Crippen molar-refractivity contribution in [1.29, 1.82) is 0 Å². The van der Waals surface area contributed by atoms with Crippen molar-refractivity contribution in [2.45, 2.75) is 0 Å². The number of benzene rings is 2. The van der Waals surface area contributed by atoms with E-state index in [9.17, 15) is 13.6 Å². The van der Waals surface area contributed by atoms with E-state index in [0.717, 1.165) is 22.2 Å². The summed E-state index contributed by atoms with van der Waals surface area (Å²) in [6.45, 7) is 0. The van der Waals surface area contributed by atoms with Crippen LogP contribution in [0.3, 0.4) is 0 Å². The minimum Gasteiger partial charge on any atom is -0.329 e. The van der Waals surface area contributed by atoms with Crippen molar-refractivity contribution in [3.8, 4) is 0 Å². The maximum absolute atomic E-state index is 13.6. The molecular weight excluding hydrogens is 388 g/mol. The summed E-state index contributed by atoms with van der Waals surface area (Å²) >= 11 is 12.4. The average molecular weight is 398 g/mol. The van der Waals surface area contributed by atoms with E-state index < -0.39 is 17.5 Å². The van der Waals surface area contributed by atoms with E-state index in [-0.39, 0.29) is 10.8 Å². The van der Waals surface area contributed by atoms with Crippen LogP contribution in [0.15, 0.2) is 42.5 Å². The van der Waals surface area contributed by atoms with Gasteiger partial charge < -0.3 is 5.32 Å². The lowest BCUT2D eigenvalue weighted by Gasteiger charge is -2.11. The SMILES string of the molecule is O=C(NNC(=S)Nc1ccc(F)cc1F)c1sc2ccccc2c1Cl. The van der Waals surface area contributed by atoms with E-state index in [4.69, 9.17) is 23.8 Å². The molecule has 0 atom stereocenters. The Bertz CT molecular complexity index is 977. The van der Waals surface area contributed by atoms with Gasteiger partial charge in [-0.15, -0.1) is 11.3 Å². The van der Waals surface area contributed by atoms with Gasteiger partial charge in [0.25, 0.3) is 5.91 Å². The summed E-state index contributed by atoms with van der Waals surface area (Å²) in [6, 6.07) is 10.4. The predicted octanol–water partition coefficient (Wildman–Crippen LogP) is 4.46. The van der Waals surface area contributed by atoms with Crippen molar-refractivity contribution in [1.82, 2.24) is 10.9 Å². The minimum absolute atomic E-state index is 0.0203. The largest absolute Gasteiger partial charge is 0.329 e. The number of fused-ring (bicyclic) bond motifs is 1. The van der Waals surface area contributed by atoms with Crippen LogP contribution in [0.4, 0.5) is 14.5 Å². The Balaban J connectivity index is 1.65. The van der Waals surface area contributed by atoms with Gasteiger partial charge >= 0.3 is 0 Å². The van der Waals surface area contributed by atoms with Gasteiger partial charge in [-0.1, -0.05) is 29.8 Å². The second-order valence-corrected chi connectivity index (χ2v) is 6.74. The zero-order valence-corrected chi connectivity index (χ0v) is 14.8. The number of amides is 1. The van der Waals surface area contributed by atoms with Crippen LogP contribution in [0.1, 0.15) is 9.67 Å². The van der Waals surface area contributed by atoms with Crippen molar-refractivity contribution < 1.29 is 13.6 Å². The Hall–Kier alpha value is -2.29. The van der Waals surface area contributed by atoms with Gasteiger partial charge in [-0.05, 0) is 30.4 Å². The Morgan fingerprint density at radius 2 is 1.88 bits per heavy atom. The topological polar surface area (TPSA) is 53.2 Å². The second-order valence-electron chi connectivity index (χ2n) is 4.90. The first-order valence-electron chi connectivity index (χ1n) is 6.95. The Kier molecular flexibility index (Phi) is 5.12. The Morgan fingerprint density at radius 3 is 2.60 bits per heavy atom. The lowest BCUT2D eigenvalue weighted by atomic mass is 10.2. The number of thiocarbonyl (C=S) groups is 1. The number of nitrogens with one attached hydrogen (secondary N) is 3. The van der Waals surface area contributed by atoms with E-state index in [1.165, 1.54) is 17.4 Å². The first kappa shape index (κ1) is 17.5. The van der Waals surface area contributed by atoms with Crippen molar-refractivity contribution in [3.05, 3.63) is 64.0 Å². The normalized spacial score (nSPS) is 10.5. The lowest BCUT2D eigenvalue weighted by molar-refractivity contribution is 0.0948. The second kappa shape index (κ2) is 7.30. The highest BCUT2D eigenvalue weighted by Crippen LogP contribution is 2.34. The molecule has 3 N–H and O–H groups in total. The molecule has 0 fully saturated rings. The summed E-state index contributed by atoms with van der Waals surface area (Å²) in [4.78, 5) is 12.6. The minimum atomic E-state index is -0.803. The average Bonchev–Trinajstić information content (AvgIpc) is 2.93. The van der Waals surface area contributed by atoms with Gasteiger partial charge in [0.1, 0.15) is 16.5 Å². The molecule has 4 nitrogen and oxygen atoms in total. The standard InChI is InChI=1S/C16H10ClF2N3OS2/c17-13-9-3-1-2-4-12(9)25-14(13)15(23)21-22-16(24)20-11-6-5-8(18)7-10(11)19/h1-7H,(H,21,23)(H2,20,22,24). The maximum atomic E-state index is 13.6. The third-order valence-corrected chi connectivity index (χ3v) is 5.09. The van der Waals surface area contributed by atoms with Crippen molar-refractivity contribution in [2.24, 2.45) is 0 Å². The van der Waals surface area contributed by atoms with E-state index >= 15 is 0 Å².